The van der Waals surface area contributed by atoms with Crippen LogP contribution in [0.15, 0.2) is 42.5 Å². The average Bonchev–Trinajstić information content (AvgIpc) is 2.61. The summed E-state index contributed by atoms with van der Waals surface area (Å²) in [5.41, 5.74) is -1.75. The predicted octanol–water partition coefficient (Wildman–Crippen LogP) is 5.05. The highest BCUT2D eigenvalue weighted by Crippen LogP contribution is 2.38. The Balaban J connectivity index is 2.31. The summed E-state index contributed by atoms with van der Waals surface area (Å²) in [5, 5.41) is 1.62. The number of alkyl halides is 6. The highest BCUT2D eigenvalue weighted by Gasteiger charge is 2.36. The van der Waals surface area contributed by atoms with Crippen LogP contribution >= 0.6 is 11.6 Å². The molecule has 176 valence electrons. The summed E-state index contributed by atoms with van der Waals surface area (Å²) in [5.74, 6) is -1.51. The quantitative estimate of drug-likeness (QED) is 0.559. The topological polar surface area (TPSA) is 75.7 Å². The molecule has 0 aliphatic heterocycles. The Morgan fingerprint density at radius 1 is 1.06 bits per heavy atom. The molecule has 1 N–H and O–H groups in total. The number of hydrogen-bond donors (Lipinski definition) is 1. The number of anilines is 2. The molecule has 14 heteroatoms. The molecule has 2 rings (SSSR count). The van der Waals surface area contributed by atoms with E-state index in [-0.39, 0.29) is 5.69 Å². The van der Waals surface area contributed by atoms with Crippen molar-refractivity contribution >= 4 is 38.9 Å². The average molecular weight is 505 g/mol. The van der Waals surface area contributed by atoms with Crippen LogP contribution in [0.2, 0.25) is 5.02 Å². The monoisotopic (exact) mass is 504 g/mol. The maximum absolute atomic E-state index is 13.2. The van der Waals surface area contributed by atoms with E-state index >= 15 is 0 Å². The van der Waals surface area contributed by atoms with E-state index in [9.17, 15) is 39.6 Å². The standard InChI is InChI=1S/C18H15ClF6N2O4S/c1-10(16(28)26-11-3-6-13(7-4-11)31-18(23,24)25)27(32(2,29)30)12-5-8-15(19)14(9-12)17(20,21)22/h3-10H,1-2H3,(H,26,28). The number of ether oxygens (including phenoxy) is 1. The zero-order valence-electron chi connectivity index (χ0n) is 16.3. The normalized spacial score (nSPS) is 13.4. The molecular weight excluding hydrogens is 490 g/mol. The summed E-state index contributed by atoms with van der Waals surface area (Å²) >= 11 is 5.55. The molecule has 0 saturated carbocycles. The first-order valence-corrected chi connectivity index (χ1v) is 10.7. The first-order chi connectivity index (χ1) is 14.5. The maximum atomic E-state index is 13.2. The van der Waals surface area contributed by atoms with Gasteiger partial charge in [0.15, 0.2) is 0 Å². The fourth-order valence-electron chi connectivity index (χ4n) is 2.66. The number of hydrogen-bond acceptors (Lipinski definition) is 4. The smallest absolute Gasteiger partial charge is 0.406 e. The number of benzene rings is 2. The van der Waals surface area contributed by atoms with E-state index in [1.54, 1.807) is 0 Å². The van der Waals surface area contributed by atoms with Crippen LogP contribution in [0.1, 0.15) is 12.5 Å². The second kappa shape index (κ2) is 9.06. The minimum absolute atomic E-state index is 0.00286. The number of carbonyl (C=O) groups excluding carboxylic acids is 1. The molecule has 1 unspecified atom stereocenters. The van der Waals surface area contributed by atoms with Gasteiger partial charge in [-0.05, 0) is 49.4 Å². The van der Waals surface area contributed by atoms with Crippen LogP contribution in [-0.2, 0) is 21.0 Å². The lowest BCUT2D eigenvalue weighted by Crippen LogP contribution is -2.45. The molecule has 0 saturated heterocycles. The lowest BCUT2D eigenvalue weighted by molar-refractivity contribution is -0.274. The maximum Gasteiger partial charge on any atom is 0.573 e. The van der Waals surface area contributed by atoms with Gasteiger partial charge in [0.1, 0.15) is 11.8 Å². The van der Waals surface area contributed by atoms with Crippen molar-refractivity contribution in [1.82, 2.24) is 0 Å². The number of nitrogens with zero attached hydrogens (tertiary/aromatic N) is 1. The van der Waals surface area contributed by atoms with Gasteiger partial charge in [0, 0.05) is 5.69 Å². The Hall–Kier alpha value is -2.67. The Morgan fingerprint density at radius 2 is 1.62 bits per heavy atom. The fourth-order valence-corrected chi connectivity index (χ4v) is 4.05. The van der Waals surface area contributed by atoms with Crippen molar-refractivity contribution < 1.29 is 44.3 Å². The third-order valence-electron chi connectivity index (χ3n) is 3.95. The van der Waals surface area contributed by atoms with Crippen LogP contribution in [0.4, 0.5) is 37.7 Å². The van der Waals surface area contributed by atoms with Gasteiger partial charge in [-0.15, -0.1) is 13.2 Å². The van der Waals surface area contributed by atoms with Crippen molar-refractivity contribution in [3.63, 3.8) is 0 Å². The largest absolute Gasteiger partial charge is 0.573 e. The van der Waals surface area contributed by atoms with Gasteiger partial charge >= 0.3 is 12.5 Å². The molecule has 6 nitrogen and oxygen atoms in total. The third-order valence-corrected chi connectivity index (χ3v) is 5.52. The summed E-state index contributed by atoms with van der Waals surface area (Å²) in [4.78, 5) is 12.6. The highest BCUT2D eigenvalue weighted by atomic mass is 35.5. The van der Waals surface area contributed by atoms with Crippen LogP contribution in [0.3, 0.4) is 0 Å². The van der Waals surface area contributed by atoms with Gasteiger partial charge in [-0.25, -0.2) is 8.42 Å². The minimum Gasteiger partial charge on any atom is -0.406 e. The van der Waals surface area contributed by atoms with Crippen molar-refractivity contribution in [3.05, 3.63) is 53.1 Å². The summed E-state index contributed by atoms with van der Waals surface area (Å²) in [6, 6.07) is 4.79. The number of halogens is 7. The lowest BCUT2D eigenvalue weighted by Gasteiger charge is -2.29. The van der Waals surface area contributed by atoms with Gasteiger partial charge in [0.05, 0.1) is 22.5 Å². The molecule has 2 aromatic carbocycles. The second-order valence-corrected chi connectivity index (χ2v) is 8.72. The van der Waals surface area contributed by atoms with E-state index in [1.165, 1.54) is 0 Å². The Morgan fingerprint density at radius 3 is 2.09 bits per heavy atom. The van der Waals surface area contributed by atoms with Gasteiger partial charge in [0.2, 0.25) is 15.9 Å². The van der Waals surface area contributed by atoms with Crippen LogP contribution in [0.5, 0.6) is 5.75 Å². The number of nitrogens with one attached hydrogen (secondary N) is 1. The van der Waals surface area contributed by atoms with E-state index in [0.717, 1.165) is 43.3 Å². The van der Waals surface area contributed by atoms with E-state index in [2.05, 4.69) is 10.1 Å². The van der Waals surface area contributed by atoms with Crippen LogP contribution in [0, 0.1) is 0 Å². The van der Waals surface area contributed by atoms with Crippen molar-refractivity contribution in [2.45, 2.75) is 25.5 Å². The molecule has 32 heavy (non-hydrogen) atoms. The van der Waals surface area contributed by atoms with Gasteiger partial charge in [-0.1, -0.05) is 11.6 Å². The number of amides is 1. The zero-order valence-corrected chi connectivity index (χ0v) is 17.8. The zero-order chi connectivity index (χ0) is 24.5. The van der Waals surface area contributed by atoms with Crippen LogP contribution < -0.4 is 14.4 Å². The first-order valence-electron chi connectivity index (χ1n) is 8.52. The second-order valence-electron chi connectivity index (χ2n) is 6.46. The van der Waals surface area contributed by atoms with Gasteiger partial charge < -0.3 is 10.1 Å². The molecule has 0 aromatic heterocycles. The first kappa shape index (κ1) is 25.6. The molecule has 1 atom stereocenters. The van der Waals surface area contributed by atoms with E-state index < -0.39 is 56.5 Å². The van der Waals surface area contributed by atoms with Crippen molar-refractivity contribution in [2.75, 3.05) is 15.9 Å². The minimum atomic E-state index is -4.91. The highest BCUT2D eigenvalue weighted by molar-refractivity contribution is 7.92. The number of sulfonamides is 1. The molecule has 0 heterocycles. The molecule has 0 aliphatic carbocycles. The van der Waals surface area contributed by atoms with Crippen molar-refractivity contribution in [3.8, 4) is 5.75 Å². The van der Waals surface area contributed by atoms with Crippen LogP contribution in [-0.4, -0.2) is 33.0 Å². The van der Waals surface area contributed by atoms with E-state index in [0.29, 0.717) is 16.6 Å². The molecule has 1 amide bonds. The Bertz CT molecular complexity index is 1090. The van der Waals surface area contributed by atoms with Crippen molar-refractivity contribution in [1.29, 1.82) is 0 Å². The summed E-state index contributed by atoms with van der Waals surface area (Å²) in [6.07, 6.45) is -9.09. The number of rotatable bonds is 6. The fraction of sp³-hybridized carbons (Fsp3) is 0.278. The predicted molar refractivity (Wildman–Crippen MR) is 105 cm³/mol. The van der Waals surface area contributed by atoms with E-state index in [1.807, 2.05) is 0 Å². The van der Waals surface area contributed by atoms with Gasteiger partial charge in [0.25, 0.3) is 0 Å². The molecule has 0 fully saturated rings. The van der Waals surface area contributed by atoms with Gasteiger partial charge in [-0.2, -0.15) is 13.2 Å². The molecule has 2 aromatic rings. The Labute approximate surface area is 183 Å². The SMILES string of the molecule is CC(C(=O)Nc1ccc(OC(F)(F)F)cc1)N(c1ccc(Cl)c(C(F)(F)F)c1)S(C)(=O)=O. The summed E-state index contributed by atoms with van der Waals surface area (Å²) in [6.45, 7) is 1.12. The third kappa shape index (κ3) is 6.66. The lowest BCUT2D eigenvalue weighted by atomic mass is 10.1. The van der Waals surface area contributed by atoms with E-state index in [4.69, 9.17) is 11.6 Å². The molecular formula is C18H15ClF6N2O4S. The molecule has 0 spiro atoms. The van der Waals surface area contributed by atoms with Gasteiger partial charge in [-0.3, -0.25) is 9.10 Å². The number of carbonyl (C=O) groups is 1. The summed E-state index contributed by atoms with van der Waals surface area (Å²) in [7, 11) is -4.24. The van der Waals surface area contributed by atoms with Crippen LogP contribution in [0.25, 0.3) is 0 Å². The van der Waals surface area contributed by atoms with Crippen molar-refractivity contribution in [2.24, 2.45) is 0 Å². The molecule has 0 radical (unpaired) electrons. The molecule has 0 bridgehead atoms. The summed E-state index contributed by atoms with van der Waals surface area (Å²) < 4.78 is 105. The molecule has 0 aliphatic rings. The Kier molecular flexibility index (Phi) is 7.24.